The molecule has 0 aliphatic heterocycles. The first-order chi connectivity index (χ1) is 9.75. The highest BCUT2D eigenvalue weighted by atomic mass is 15.0. The van der Waals surface area contributed by atoms with Gasteiger partial charge in [0, 0.05) is 12.4 Å². The van der Waals surface area contributed by atoms with E-state index < -0.39 is 0 Å². The second-order valence-corrected chi connectivity index (χ2v) is 5.31. The van der Waals surface area contributed by atoms with E-state index in [1.54, 1.807) is 0 Å². The van der Waals surface area contributed by atoms with E-state index >= 15 is 0 Å². The van der Waals surface area contributed by atoms with E-state index in [9.17, 15) is 0 Å². The molecule has 1 heteroatoms. The molecule has 0 spiro atoms. The first-order valence-corrected chi connectivity index (χ1v) is 7.00. The molecule has 0 aliphatic carbocycles. The number of hydrogen-bond acceptors (Lipinski definition) is 0. The molecular formula is C19H19N. The Hall–Kier alpha value is -2.28. The van der Waals surface area contributed by atoms with Crippen LogP contribution in [0.1, 0.15) is 28.3 Å². The van der Waals surface area contributed by atoms with Crippen LogP contribution in [0.2, 0.25) is 0 Å². The maximum Gasteiger partial charge on any atom is 0.0835 e. The second-order valence-electron chi connectivity index (χ2n) is 5.31. The number of hydrogen-bond donors (Lipinski definition) is 0. The molecule has 0 aliphatic rings. The Kier molecular flexibility index (Phi) is 3.42. The fourth-order valence-electron chi connectivity index (χ4n) is 2.73. The van der Waals surface area contributed by atoms with Crippen LogP contribution in [0.3, 0.4) is 0 Å². The van der Waals surface area contributed by atoms with Crippen molar-refractivity contribution in [3.63, 3.8) is 0 Å². The molecule has 3 aromatic rings. The summed E-state index contributed by atoms with van der Waals surface area (Å²) < 4.78 is 2.30. The summed E-state index contributed by atoms with van der Waals surface area (Å²) in [6.45, 7) is 4.32. The number of nitrogens with zero attached hydrogens (tertiary/aromatic N) is 1. The summed E-state index contributed by atoms with van der Waals surface area (Å²) in [6.07, 6.45) is 4.38. The van der Waals surface area contributed by atoms with Gasteiger partial charge in [0.1, 0.15) is 0 Å². The fraction of sp³-hybridized carbons (Fsp3) is 0.158. The molecule has 1 unspecified atom stereocenters. The van der Waals surface area contributed by atoms with Gasteiger partial charge < -0.3 is 4.57 Å². The highest BCUT2D eigenvalue weighted by Crippen LogP contribution is 2.29. The predicted molar refractivity (Wildman–Crippen MR) is 84.0 cm³/mol. The van der Waals surface area contributed by atoms with Crippen molar-refractivity contribution >= 4 is 0 Å². The van der Waals surface area contributed by atoms with Crippen LogP contribution < -0.4 is 0 Å². The Morgan fingerprint density at radius 3 is 2.15 bits per heavy atom. The molecule has 20 heavy (non-hydrogen) atoms. The van der Waals surface area contributed by atoms with Gasteiger partial charge in [-0.3, -0.25) is 0 Å². The topological polar surface area (TPSA) is 4.93 Å². The van der Waals surface area contributed by atoms with Gasteiger partial charge >= 0.3 is 0 Å². The third-order valence-corrected chi connectivity index (χ3v) is 3.76. The minimum Gasteiger partial charge on any atom is -0.343 e. The summed E-state index contributed by atoms with van der Waals surface area (Å²) >= 11 is 0. The average molecular weight is 261 g/mol. The number of aromatic nitrogens is 1. The molecular weight excluding hydrogens is 242 g/mol. The maximum absolute atomic E-state index is 2.30. The van der Waals surface area contributed by atoms with Crippen molar-refractivity contribution in [2.75, 3.05) is 0 Å². The summed E-state index contributed by atoms with van der Waals surface area (Å²) in [4.78, 5) is 0. The number of rotatable bonds is 3. The van der Waals surface area contributed by atoms with Gasteiger partial charge in [0.25, 0.3) is 0 Å². The van der Waals surface area contributed by atoms with E-state index in [2.05, 4.69) is 91.5 Å². The van der Waals surface area contributed by atoms with Gasteiger partial charge in [-0.2, -0.15) is 0 Å². The van der Waals surface area contributed by atoms with Gasteiger partial charge in [-0.1, -0.05) is 54.6 Å². The molecule has 2 aromatic carbocycles. The maximum atomic E-state index is 2.30. The molecule has 0 fully saturated rings. The largest absolute Gasteiger partial charge is 0.343 e. The van der Waals surface area contributed by atoms with Crippen molar-refractivity contribution < 1.29 is 0 Å². The fourth-order valence-corrected chi connectivity index (χ4v) is 2.73. The zero-order chi connectivity index (χ0) is 13.9. The van der Waals surface area contributed by atoms with Crippen LogP contribution in [0.25, 0.3) is 0 Å². The smallest absolute Gasteiger partial charge is 0.0835 e. The van der Waals surface area contributed by atoms with E-state index in [1.165, 1.54) is 22.3 Å². The van der Waals surface area contributed by atoms with Gasteiger partial charge in [-0.25, -0.2) is 0 Å². The van der Waals surface area contributed by atoms with Crippen molar-refractivity contribution in [1.29, 1.82) is 0 Å². The van der Waals surface area contributed by atoms with E-state index in [1.807, 2.05) is 0 Å². The summed E-state index contributed by atoms with van der Waals surface area (Å²) in [6, 6.07) is 21.7. The Balaban J connectivity index is 2.16. The molecule has 1 aromatic heterocycles. The van der Waals surface area contributed by atoms with E-state index in [-0.39, 0.29) is 6.04 Å². The number of benzene rings is 2. The van der Waals surface area contributed by atoms with Gasteiger partial charge in [-0.05, 0) is 42.2 Å². The summed E-state index contributed by atoms with van der Waals surface area (Å²) in [5.41, 5.74) is 5.29. The lowest BCUT2D eigenvalue weighted by atomic mass is 9.95. The Morgan fingerprint density at radius 1 is 0.800 bits per heavy atom. The molecule has 0 amide bonds. The van der Waals surface area contributed by atoms with Crippen molar-refractivity contribution in [2.45, 2.75) is 19.9 Å². The molecule has 0 saturated carbocycles. The molecule has 0 radical (unpaired) electrons. The van der Waals surface area contributed by atoms with Crippen LogP contribution in [-0.2, 0) is 0 Å². The standard InChI is InChI=1S/C19H19N/c1-15-12-13-20(14-15)19(17-9-4-3-5-10-17)18-11-7-6-8-16(18)2/h3-14,19H,1-2H3. The lowest BCUT2D eigenvalue weighted by Gasteiger charge is -2.22. The Labute approximate surface area is 120 Å². The summed E-state index contributed by atoms with van der Waals surface area (Å²) in [5, 5.41) is 0. The van der Waals surface area contributed by atoms with Gasteiger partial charge in [-0.15, -0.1) is 0 Å². The summed E-state index contributed by atoms with van der Waals surface area (Å²) in [7, 11) is 0. The van der Waals surface area contributed by atoms with Crippen LogP contribution in [0.5, 0.6) is 0 Å². The molecule has 0 N–H and O–H groups in total. The zero-order valence-corrected chi connectivity index (χ0v) is 12.0. The molecule has 1 nitrogen and oxygen atoms in total. The lowest BCUT2D eigenvalue weighted by Crippen LogP contribution is -2.11. The Bertz CT molecular complexity index is 695. The van der Waals surface area contributed by atoms with E-state index in [0.29, 0.717) is 0 Å². The van der Waals surface area contributed by atoms with E-state index in [0.717, 1.165) is 0 Å². The molecule has 3 rings (SSSR count). The SMILES string of the molecule is Cc1ccn(C(c2ccccc2)c2ccccc2C)c1. The Morgan fingerprint density at radius 2 is 1.50 bits per heavy atom. The van der Waals surface area contributed by atoms with Crippen LogP contribution >= 0.6 is 0 Å². The molecule has 100 valence electrons. The van der Waals surface area contributed by atoms with Gasteiger partial charge in [0.05, 0.1) is 6.04 Å². The monoisotopic (exact) mass is 261 g/mol. The first-order valence-electron chi connectivity index (χ1n) is 7.00. The van der Waals surface area contributed by atoms with Crippen molar-refractivity contribution in [3.05, 3.63) is 95.3 Å². The minimum atomic E-state index is 0.242. The lowest BCUT2D eigenvalue weighted by molar-refractivity contribution is 0.677. The second kappa shape index (κ2) is 5.38. The van der Waals surface area contributed by atoms with E-state index in [4.69, 9.17) is 0 Å². The third kappa shape index (κ3) is 2.39. The van der Waals surface area contributed by atoms with Crippen LogP contribution in [0, 0.1) is 13.8 Å². The summed E-state index contributed by atoms with van der Waals surface area (Å²) in [5.74, 6) is 0. The van der Waals surface area contributed by atoms with Crippen LogP contribution in [-0.4, -0.2) is 4.57 Å². The highest BCUT2D eigenvalue weighted by Gasteiger charge is 2.17. The highest BCUT2D eigenvalue weighted by molar-refractivity contribution is 5.38. The van der Waals surface area contributed by atoms with Crippen LogP contribution in [0.15, 0.2) is 73.1 Å². The predicted octanol–water partition coefficient (Wildman–Crippen LogP) is 4.74. The molecule has 1 atom stereocenters. The molecule has 0 saturated heterocycles. The minimum absolute atomic E-state index is 0.242. The van der Waals surface area contributed by atoms with Gasteiger partial charge in [0.15, 0.2) is 0 Å². The van der Waals surface area contributed by atoms with Crippen LogP contribution in [0.4, 0.5) is 0 Å². The molecule has 1 heterocycles. The first kappa shape index (κ1) is 12.7. The van der Waals surface area contributed by atoms with Crippen molar-refractivity contribution in [2.24, 2.45) is 0 Å². The van der Waals surface area contributed by atoms with Crippen molar-refractivity contribution in [1.82, 2.24) is 4.57 Å². The number of aryl methyl sites for hydroxylation is 2. The normalized spacial score (nSPS) is 12.3. The molecule has 0 bridgehead atoms. The quantitative estimate of drug-likeness (QED) is 0.641. The average Bonchev–Trinajstić information content (AvgIpc) is 2.89. The third-order valence-electron chi connectivity index (χ3n) is 3.76. The zero-order valence-electron chi connectivity index (χ0n) is 12.0. The van der Waals surface area contributed by atoms with Crippen molar-refractivity contribution in [3.8, 4) is 0 Å². The van der Waals surface area contributed by atoms with Gasteiger partial charge in [0.2, 0.25) is 0 Å².